The second-order valence-corrected chi connectivity index (χ2v) is 8.29. The van der Waals surface area contributed by atoms with Gasteiger partial charge in [-0.05, 0) is 18.2 Å². The fourth-order valence-corrected chi connectivity index (χ4v) is 3.29. The number of aromatic amines is 2. The van der Waals surface area contributed by atoms with Gasteiger partial charge in [-0.2, -0.15) is 21.8 Å². The zero-order valence-electron chi connectivity index (χ0n) is 14.4. The molecule has 0 fully saturated rings. The van der Waals surface area contributed by atoms with Crippen LogP contribution in [0.1, 0.15) is 0 Å². The maximum Gasteiger partial charge on any atom is 0.325 e. The average Bonchev–Trinajstić information content (AvgIpc) is 2.63. The van der Waals surface area contributed by atoms with Crippen LogP contribution in [0.3, 0.4) is 0 Å². The highest BCUT2D eigenvalue weighted by Crippen LogP contribution is 2.27. The lowest BCUT2D eigenvalue weighted by atomic mass is 10.3. The van der Waals surface area contributed by atoms with Crippen LogP contribution >= 0.6 is 0 Å². The molecule has 15 nitrogen and oxygen atoms in total. The van der Waals surface area contributed by atoms with E-state index in [-0.39, 0.29) is 17.6 Å². The van der Waals surface area contributed by atoms with Crippen LogP contribution < -0.4 is 21.9 Å². The van der Waals surface area contributed by atoms with Crippen LogP contribution in [0.25, 0.3) is 0 Å². The van der Waals surface area contributed by atoms with Gasteiger partial charge < -0.3 is 15.6 Å². The molecule has 3 rings (SSSR count). The maximum atomic E-state index is 11.7. The minimum absolute atomic E-state index is 0.126. The van der Waals surface area contributed by atoms with Gasteiger partial charge in [-0.3, -0.25) is 18.9 Å². The first-order valence-corrected chi connectivity index (χ1v) is 10.5. The zero-order chi connectivity index (χ0) is 22.1. The van der Waals surface area contributed by atoms with E-state index >= 15 is 0 Å². The fraction of sp³-hybridized carbons (Fsp3) is 0. The number of anilines is 4. The number of hydrogen-bond acceptors (Lipinski definition) is 11. The summed E-state index contributed by atoms with van der Waals surface area (Å²) in [5.41, 5.74) is -2.10. The van der Waals surface area contributed by atoms with Crippen molar-refractivity contribution in [2.24, 2.45) is 0 Å². The van der Waals surface area contributed by atoms with E-state index in [2.05, 4.69) is 30.6 Å². The largest absolute Gasteiger partial charge is 0.325 e. The van der Waals surface area contributed by atoms with Gasteiger partial charge >= 0.3 is 5.69 Å². The normalized spacial score (nSPS) is 11.8. The second kappa shape index (κ2) is 7.63. The molecule has 0 aliphatic carbocycles. The van der Waals surface area contributed by atoms with Crippen LogP contribution in [0.5, 0.6) is 0 Å². The lowest BCUT2D eigenvalue weighted by Gasteiger charge is -2.11. The summed E-state index contributed by atoms with van der Waals surface area (Å²) in [5, 5.41) is 4.87. The molecule has 0 spiro atoms. The third-order valence-electron chi connectivity index (χ3n) is 3.41. The molecule has 17 heteroatoms. The minimum atomic E-state index is -4.79. The summed E-state index contributed by atoms with van der Waals surface area (Å²) < 4.78 is 64.2. The van der Waals surface area contributed by atoms with E-state index in [0.717, 1.165) is 30.7 Å². The standard InChI is InChI=1S/C13H11N7O8S2/c21-10-8(4-14-13(22)19-10)18-12-16-5-15-11(20-12)17-7-3-6(29(23,24)25)1-2-9(7)30(26,27)28/h1-5H,(H,23,24,25)(H,26,27,28)(H2,14,19,21,22)(H2,15,16,17,18,20). The Balaban J connectivity index is 1.99. The first-order valence-electron chi connectivity index (χ1n) is 7.57. The zero-order valence-corrected chi connectivity index (χ0v) is 16.0. The summed E-state index contributed by atoms with van der Waals surface area (Å²) in [6.45, 7) is 0. The van der Waals surface area contributed by atoms with Crippen molar-refractivity contribution in [3.8, 4) is 0 Å². The smallest absolute Gasteiger partial charge is 0.323 e. The first-order chi connectivity index (χ1) is 13.9. The van der Waals surface area contributed by atoms with Crippen LogP contribution in [0, 0.1) is 0 Å². The molecular weight excluding hydrogens is 446 g/mol. The van der Waals surface area contributed by atoms with E-state index in [9.17, 15) is 31.0 Å². The molecule has 2 aromatic heterocycles. The topological polar surface area (TPSA) is 237 Å². The van der Waals surface area contributed by atoms with Gasteiger partial charge in [-0.25, -0.2) is 14.8 Å². The van der Waals surface area contributed by atoms with E-state index in [1.165, 1.54) is 0 Å². The van der Waals surface area contributed by atoms with Crippen LogP contribution in [-0.2, 0) is 20.2 Å². The van der Waals surface area contributed by atoms with Crippen molar-refractivity contribution in [1.29, 1.82) is 0 Å². The van der Waals surface area contributed by atoms with Gasteiger partial charge in [-0.1, -0.05) is 0 Å². The summed E-state index contributed by atoms with van der Waals surface area (Å²) in [6, 6.07) is 2.26. The second-order valence-electron chi connectivity index (χ2n) is 5.48. The van der Waals surface area contributed by atoms with Crippen molar-refractivity contribution in [2.75, 3.05) is 10.6 Å². The SMILES string of the molecule is O=c1[nH]cc(Nc2ncnc(Nc3cc(S(=O)(=O)O)ccc3S(=O)(=O)O)n2)c(=O)[nH]1. The molecule has 0 aliphatic heterocycles. The van der Waals surface area contributed by atoms with Crippen LogP contribution in [-0.4, -0.2) is 50.9 Å². The molecule has 1 aromatic carbocycles. The molecule has 6 N–H and O–H groups in total. The number of nitrogens with zero attached hydrogens (tertiary/aromatic N) is 3. The number of aromatic nitrogens is 5. The highest BCUT2D eigenvalue weighted by atomic mass is 32.2. The first kappa shape index (κ1) is 21.0. The van der Waals surface area contributed by atoms with Gasteiger partial charge in [0.2, 0.25) is 11.9 Å². The third kappa shape index (κ3) is 4.84. The van der Waals surface area contributed by atoms with Crippen molar-refractivity contribution < 1.29 is 25.9 Å². The van der Waals surface area contributed by atoms with Crippen molar-refractivity contribution in [3.63, 3.8) is 0 Å². The minimum Gasteiger partial charge on any atom is -0.323 e. The van der Waals surface area contributed by atoms with Gasteiger partial charge in [0.25, 0.3) is 25.8 Å². The molecule has 0 saturated carbocycles. The Morgan fingerprint density at radius 3 is 2.10 bits per heavy atom. The van der Waals surface area contributed by atoms with Crippen molar-refractivity contribution in [3.05, 3.63) is 51.6 Å². The summed E-state index contributed by atoms with van der Waals surface area (Å²) in [5.74, 6) is -0.518. The summed E-state index contributed by atoms with van der Waals surface area (Å²) in [7, 11) is -9.48. The van der Waals surface area contributed by atoms with E-state index in [1.807, 2.05) is 4.98 Å². The Labute approximate surface area is 166 Å². The molecule has 0 atom stereocenters. The average molecular weight is 457 g/mol. The van der Waals surface area contributed by atoms with Gasteiger partial charge in [0.05, 0.1) is 10.6 Å². The summed E-state index contributed by atoms with van der Waals surface area (Å²) in [4.78, 5) is 36.9. The molecule has 0 radical (unpaired) electrons. The molecule has 3 aromatic rings. The third-order valence-corrected chi connectivity index (χ3v) is 5.17. The summed E-state index contributed by atoms with van der Waals surface area (Å²) in [6.07, 6.45) is 2.03. The monoisotopic (exact) mass is 457 g/mol. The molecule has 0 amide bonds. The summed E-state index contributed by atoms with van der Waals surface area (Å²) >= 11 is 0. The van der Waals surface area contributed by atoms with Crippen LogP contribution in [0.15, 0.2) is 50.1 Å². The highest BCUT2D eigenvalue weighted by Gasteiger charge is 2.20. The van der Waals surface area contributed by atoms with Gasteiger partial charge in [0, 0.05) is 6.20 Å². The van der Waals surface area contributed by atoms with Crippen molar-refractivity contribution >= 4 is 43.5 Å². The molecule has 0 bridgehead atoms. The number of rotatable bonds is 6. The molecule has 158 valence electrons. The van der Waals surface area contributed by atoms with Gasteiger partial charge in [0.15, 0.2) is 0 Å². The lowest BCUT2D eigenvalue weighted by molar-refractivity contribution is 0.479. The van der Waals surface area contributed by atoms with E-state index in [0.29, 0.717) is 0 Å². The Hall–Kier alpha value is -3.67. The Bertz CT molecular complexity index is 1450. The predicted molar refractivity (Wildman–Crippen MR) is 100 cm³/mol. The van der Waals surface area contributed by atoms with E-state index in [1.54, 1.807) is 0 Å². The number of H-pyrrole nitrogens is 2. The number of nitrogens with one attached hydrogen (secondary N) is 4. The highest BCUT2D eigenvalue weighted by molar-refractivity contribution is 7.86. The Kier molecular flexibility index (Phi) is 5.35. The Morgan fingerprint density at radius 1 is 0.900 bits per heavy atom. The molecule has 0 saturated heterocycles. The van der Waals surface area contributed by atoms with E-state index in [4.69, 9.17) is 4.55 Å². The molecule has 30 heavy (non-hydrogen) atoms. The quantitative estimate of drug-likeness (QED) is 0.250. The van der Waals surface area contributed by atoms with Crippen molar-refractivity contribution in [2.45, 2.75) is 9.79 Å². The van der Waals surface area contributed by atoms with Crippen molar-refractivity contribution in [1.82, 2.24) is 24.9 Å². The van der Waals surface area contributed by atoms with E-state index < -0.39 is 47.0 Å². The predicted octanol–water partition coefficient (Wildman–Crippen LogP) is -0.771. The van der Waals surface area contributed by atoms with Gasteiger partial charge in [0.1, 0.15) is 16.9 Å². The molecular formula is C13H11N7O8S2. The maximum absolute atomic E-state index is 11.7. The number of hydrogen-bond donors (Lipinski definition) is 6. The van der Waals surface area contributed by atoms with Crippen LogP contribution in [0.2, 0.25) is 0 Å². The Morgan fingerprint density at radius 2 is 1.53 bits per heavy atom. The lowest BCUT2D eigenvalue weighted by Crippen LogP contribution is -2.23. The molecule has 0 aliphatic rings. The van der Waals surface area contributed by atoms with Crippen LogP contribution in [0.4, 0.5) is 23.3 Å². The fourth-order valence-electron chi connectivity index (χ4n) is 2.15. The number of benzene rings is 1. The van der Waals surface area contributed by atoms with Gasteiger partial charge in [-0.15, -0.1) is 0 Å². The molecule has 0 unspecified atom stereocenters. The molecule has 2 heterocycles.